The first-order valence-electron chi connectivity index (χ1n) is 9.51. The van der Waals surface area contributed by atoms with Crippen LogP contribution >= 0.6 is 15.9 Å². The van der Waals surface area contributed by atoms with Crippen LogP contribution in [0.1, 0.15) is 50.8 Å². The Bertz CT molecular complexity index is 802. The monoisotopic (exact) mass is 430 g/mol. The summed E-state index contributed by atoms with van der Waals surface area (Å²) in [6.07, 6.45) is 1.69. The largest absolute Gasteiger partial charge is 0.504 e. The van der Waals surface area contributed by atoms with Gasteiger partial charge in [0, 0.05) is 28.2 Å². The summed E-state index contributed by atoms with van der Waals surface area (Å²) >= 11 is 3.50. The number of para-hydroxylation sites is 1. The molecule has 1 aliphatic rings. The predicted molar refractivity (Wildman–Crippen MR) is 114 cm³/mol. The third-order valence-electron chi connectivity index (χ3n) is 4.68. The van der Waals surface area contributed by atoms with Gasteiger partial charge in [-0.1, -0.05) is 54.0 Å². The minimum atomic E-state index is -0.00898. The number of phenolic OH excluding ortho intramolecular Hbond substituents is 1. The molecule has 5 heteroatoms. The quantitative estimate of drug-likeness (QED) is 0.640. The van der Waals surface area contributed by atoms with Crippen molar-refractivity contribution in [1.82, 2.24) is 5.32 Å². The van der Waals surface area contributed by atoms with Crippen molar-refractivity contribution in [2.45, 2.75) is 45.8 Å². The van der Waals surface area contributed by atoms with Gasteiger partial charge in [-0.05, 0) is 43.0 Å². The number of rotatable bonds is 6. The minimum Gasteiger partial charge on any atom is -0.504 e. The van der Waals surface area contributed by atoms with Gasteiger partial charge in [-0.15, -0.1) is 0 Å². The van der Waals surface area contributed by atoms with E-state index in [4.69, 9.17) is 9.73 Å². The van der Waals surface area contributed by atoms with E-state index < -0.39 is 0 Å². The standard InChI is InChI=1S/C22H27BrN2O2/c1-4-27-20-7-5-6-17(22(20)26)19-13-18(15-8-10-16(23)11-9-15)24-21(25-19)12-14(2)3/h5-11,14,19,21,25-26H,4,12-13H2,1-3H3. The highest BCUT2D eigenvalue weighted by Gasteiger charge is 2.28. The molecule has 1 aliphatic heterocycles. The van der Waals surface area contributed by atoms with Gasteiger partial charge in [0.15, 0.2) is 11.5 Å². The molecule has 0 saturated carbocycles. The van der Waals surface area contributed by atoms with E-state index in [-0.39, 0.29) is 18.0 Å². The van der Waals surface area contributed by atoms with Gasteiger partial charge in [-0.2, -0.15) is 0 Å². The highest BCUT2D eigenvalue weighted by atomic mass is 79.9. The average Bonchev–Trinajstić information content (AvgIpc) is 2.63. The van der Waals surface area contributed by atoms with Crippen molar-refractivity contribution in [3.8, 4) is 11.5 Å². The average molecular weight is 431 g/mol. The molecule has 0 fully saturated rings. The topological polar surface area (TPSA) is 53.8 Å². The van der Waals surface area contributed by atoms with Crippen LogP contribution in [-0.2, 0) is 0 Å². The van der Waals surface area contributed by atoms with Crippen molar-refractivity contribution in [3.63, 3.8) is 0 Å². The number of hydrogen-bond donors (Lipinski definition) is 2. The van der Waals surface area contributed by atoms with E-state index in [1.165, 1.54) is 0 Å². The lowest BCUT2D eigenvalue weighted by atomic mass is 9.93. The van der Waals surface area contributed by atoms with E-state index in [1.807, 2.05) is 31.2 Å². The fourth-order valence-corrected chi connectivity index (χ4v) is 3.72. The van der Waals surface area contributed by atoms with Gasteiger partial charge >= 0.3 is 0 Å². The molecule has 0 aromatic heterocycles. The number of nitrogens with one attached hydrogen (secondary N) is 1. The zero-order valence-electron chi connectivity index (χ0n) is 16.1. The van der Waals surface area contributed by atoms with Crippen molar-refractivity contribution in [2.24, 2.45) is 10.9 Å². The van der Waals surface area contributed by atoms with Crippen LogP contribution in [0.4, 0.5) is 0 Å². The van der Waals surface area contributed by atoms with Gasteiger partial charge in [0.25, 0.3) is 0 Å². The Morgan fingerprint density at radius 2 is 1.96 bits per heavy atom. The Labute approximate surface area is 169 Å². The number of phenols is 1. The lowest BCUT2D eigenvalue weighted by Gasteiger charge is -2.31. The minimum absolute atomic E-state index is 0.00898. The Morgan fingerprint density at radius 3 is 2.63 bits per heavy atom. The number of halogens is 1. The number of aliphatic imine (C=N–C) groups is 1. The molecule has 2 unspecified atom stereocenters. The van der Waals surface area contributed by atoms with E-state index >= 15 is 0 Å². The van der Waals surface area contributed by atoms with Crippen molar-refractivity contribution in [3.05, 3.63) is 58.1 Å². The van der Waals surface area contributed by atoms with Crippen LogP contribution < -0.4 is 10.1 Å². The number of aromatic hydroxyl groups is 1. The molecule has 0 amide bonds. The van der Waals surface area contributed by atoms with Crippen molar-refractivity contribution in [1.29, 1.82) is 0 Å². The first-order chi connectivity index (χ1) is 13.0. The zero-order valence-corrected chi connectivity index (χ0v) is 17.7. The fraction of sp³-hybridized carbons (Fsp3) is 0.409. The van der Waals surface area contributed by atoms with Crippen LogP contribution in [0.25, 0.3) is 0 Å². The summed E-state index contributed by atoms with van der Waals surface area (Å²) in [6.45, 7) is 6.85. The summed E-state index contributed by atoms with van der Waals surface area (Å²) in [5, 5.41) is 14.3. The van der Waals surface area contributed by atoms with Crippen LogP contribution in [0.15, 0.2) is 51.9 Å². The number of hydrogen-bond acceptors (Lipinski definition) is 4. The summed E-state index contributed by atoms with van der Waals surface area (Å²) in [4.78, 5) is 4.96. The Kier molecular flexibility index (Phi) is 6.55. The molecule has 2 aromatic rings. The predicted octanol–water partition coefficient (Wildman–Crippen LogP) is 5.45. The molecule has 0 saturated heterocycles. The second-order valence-electron chi connectivity index (χ2n) is 7.28. The normalized spacial score (nSPS) is 19.8. The first-order valence-corrected chi connectivity index (χ1v) is 10.3. The van der Waals surface area contributed by atoms with E-state index in [0.29, 0.717) is 18.3 Å². The molecular formula is C22H27BrN2O2. The molecule has 0 aliphatic carbocycles. The van der Waals surface area contributed by atoms with Gasteiger partial charge in [-0.25, -0.2) is 0 Å². The van der Waals surface area contributed by atoms with Gasteiger partial charge in [-0.3, -0.25) is 10.3 Å². The molecule has 2 atom stereocenters. The van der Waals surface area contributed by atoms with Crippen molar-refractivity contribution < 1.29 is 9.84 Å². The summed E-state index contributed by atoms with van der Waals surface area (Å²) in [6, 6.07) is 14.0. The molecular weight excluding hydrogens is 404 g/mol. The van der Waals surface area contributed by atoms with Crippen LogP contribution in [0.2, 0.25) is 0 Å². The molecule has 0 bridgehead atoms. The summed E-state index contributed by atoms with van der Waals surface area (Å²) in [5.41, 5.74) is 3.05. The number of ether oxygens (including phenoxy) is 1. The van der Waals surface area contributed by atoms with Crippen LogP contribution in [0.3, 0.4) is 0 Å². The molecule has 144 valence electrons. The van der Waals surface area contributed by atoms with Crippen LogP contribution in [0.5, 0.6) is 11.5 Å². The molecule has 2 N–H and O–H groups in total. The summed E-state index contributed by atoms with van der Waals surface area (Å²) in [5.74, 6) is 1.28. The second kappa shape index (κ2) is 8.89. The number of nitrogens with zero attached hydrogens (tertiary/aromatic N) is 1. The Morgan fingerprint density at radius 1 is 1.22 bits per heavy atom. The summed E-state index contributed by atoms with van der Waals surface area (Å²) in [7, 11) is 0. The summed E-state index contributed by atoms with van der Waals surface area (Å²) < 4.78 is 6.62. The Balaban J connectivity index is 1.94. The van der Waals surface area contributed by atoms with Gasteiger partial charge in [0.1, 0.15) is 6.17 Å². The highest BCUT2D eigenvalue weighted by molar-refractivity contribution is 9.10. The molecule has 3 rings (SSSR count). The molecule has 27 heavy (non-hydrogen) atoms. The maximum absolute atomic E-state index is 10.7. The molecule has 0 radical (unpaired) electrons. The lowest BCUT2D eigenvalue weighted by molar-refractivity contribution is 0.311. The van der Waals surface area contributed by atoms with Crippen LogP contribution in [0, 0.1) is 5.92 Å². The zero-order chi connectivity index (χ0) is 19.4. The SMILES string of the molecule is CCOc1cccc(C2CC(c3ccc(Br)cc3)=NC(CC(C)C)N2)c1O. The fourth-order valence-electron chi connectivity index (χ4n) is 3.46. The third-order valence-corrected chi connectivity index (χ3v) is 5.21. The second-order valence-corrected chi connectivity index (χ2v) is 8.19. The lowest BCUT2D eigenvalue weighted by Crippen LogP contribution is -2.39. The molecule has 1 heterocycles. The maximum Gasteiger partial charge on any atom is 0.162 e. The van der Waals surface area contributed by atoms with Crippen molar-refractivity contribution in [2.75, 3.05) is 6.61 Å². The van der Waals surface area contributed by atoms with Gasteiger partial charge < -0.3 is 9.84 Å². The van der Waals surface area contributed by atoms with E-state index in [1.54, 1.807) is 6.07 Å². The van der Waals surface area contributed by atoms with Gasteiger partial charge in [0.2, 0.25) is 0 Å². The molecule has 2 aromatic carbocycles. The molecule has 0 spiro atoms. The third kappa shape index (κ3) is 4.90. The Hall–Kier alpha value is -1.85. The highest BCUT2D eigenvalue weighted by Crippen LogP contribution is 2.37. The van der Waals surface area contributed by atoms with E-state index in [0.717, 1.165) is 34.2 Å². The van der Waals surface area contributed by atoms with E-state index in [9.17, 15) is 5.11 Å². The van der Waals surface area contributed by atoms with Gasteiger partial charge in [0.05, 0.1) is 6.61 Å². The maximum atomic E-state index is 10.7. The van der Waals surface area contributed by atoms with E-state index in [2.05, 4.69) is 47.2 Å². The molecule has 4 nitrogen and oxygen atoms in total. The first kappa shape index (κ1) is 19.9. The van der Waals surface area contributed by atoms with Crippen LogP contribution in [-0.4, -0.2) is 23.6 Å². The van der Waals surface area contributed by atoms with Crippen molar-refractivity contribution >= 4 is 21.6 Å². The smallest absolute Gasteiger partial charge is 0.162 e. The number of benzene rings is 2.